The van der Waals surface area contributed by atoms with E-state index in [1.807, 2.05) is 24.3 Å². The van der Waals surface area contributed by atoms with Crippen molar-refractivity contribution in [2.75, 3.05) is 11.9 Å². The number of hydrogen-bond donors (Lipinski definition) is 3. The first kappa shape index (κ1) is 20.6. The minimum absolute atomic E-state index is 0.169. The molecule has 2 unspecified atom stereocenters. The average Bonchev–Trinajstić information content (AvgIpc) is 3.14. The fraction of sp³-hybridized carbons (Fsp3) is 0.435. The first-order valence-corrected chi connectivity index (χ1v) is 11.1. The van der Waals surface area contributed by atoms with E-state index in [4.69, 9.17) is 0 Å². The van der Waals surface area contributed by atoms with Crippen LogP contribution in [-0.2, 0) is 22.7 Å². The second kappa shape index (κ2) is 8.66. The standard InChI is InChI=1S/C23H26N6O3/c30-20-7-6-19(21(31)28-20)29-13-15-5-4-14(11-16(15)22(29)32)12-26-23-25-10-8-18(27-23)17-3-1-2-9-24-17/h4-5,8,10-11,17,19,24H,1-3,6-7,9,12-13H2,(H,25,26,27)(H,28,30,31). The third-order valence-corrected chi connectivity index (χ3v) is 6.39. The van der Waals surface area contributed by atoms with Gasteiger partial charge in [0.1, 0.15) is 6.04 Å². The number of amides is 3. The van der Waals surface area contributed by atoms with Crippen molar-refractivity contribution in [3.63, 3.8) is 0 Å². The lowest BCUT2D eigenvalue weighted by Crippen LogP contribution is -2.52. The van der Waals surface area contributed by atoms with Crippen LogP contribution in [0.5, 0.6) is 0 Å². The molecule has 9 heteroatoms. The Morgan fingerprint density at radius 3 is 2.84 bits per heavy atom. The Bertz CT molecular complexity index is 1070. The Balaban J connectivity index is 1.25. The van der Waals surface area contributed by atoms with Gasteiger partial charge in [-0.15, -0.1) is 0 Å². The number of aromatic nitrogens is 2. The Labute approximate surface area is 186 Å². The zero-order valence-electron chi connectivity index (χ0n) is 17.8. The first-order valence-electron chi connectivity index (χ1n) is 11.1. The Hall–Kier alpha value is -3.33. The number of fused-ring (bicyclic) bond motifs is 1. The van der Waals surface area contributed by atoms with Gasteiger partial charge in [0, 0.05) is 37.3 Å². The monoisotopic (exact) mass is 434 g/mol. The molecule has 2 atom stereocenters. The summed E-state index contributed by atoms with van der Waals surface area (Å²) in [4.78, 5) is 47.1. The van der Waals surface area contributed by atoms with Crippen LogP contribution in [-0.4, -0.2) is 45.2 Å². The van der Waals surface area contributed by atoms with Crippen molar-refractivity contribution in [2.24, 2.45) is 0 Å². The summed E-state index contributed by atoms with van der Waals surface area (Å²) in [6.07, 6.45) is 5.86. The van der Waals surface area contributed by atoms with Gasteiger partial charge in [0.15, 0.2) is 0 Å². The Kier molecular flexibility index (Phi) is 5.57. The number of anilines is 1. The fourth-order valence-electron chi connectivity index (χ4n) is 4.65. The lowest BCUT2D eigenvalue weighted by atomic mass is 10.0. The second-order valence-corrected chi connectivity index (χ2v) is 8.55. The van der Waals surface area contributed by atoms with Crippen molar-refractivity contribution in [3.8, 4) is 0 Å². The smallest absolute Gasteiger partial charge is 0.255 e. The van der Waals surface area contributed by atoms with Crippen LogP contribution < -0.4 is 16.0 Å². The number of imide groups is 1. The zero-order valence-corrected chi connectivity index (χ0v) is 17.8. The molecule has 32 heavy (non-hydrogen) atoms. The van der Waals surface area contributed by atoms with E-state index in [2.05, 4.69) is 25.9 Å². The molecule has 3 aliphatic heterocycles. The van der Waals surface area contributed by atoms with E-state index in [1.54, 1.807) is 11.1 Å². The minimum atomic E-state index is -0.598. The van der Waals surface area contributed by atoms with Crippen LogP contribution in [0.1, 0.15) is 65.3 Å². The molecule has 2 aromatic rings. The van der Waals surface area contributed by atoms with Gasteiger partial charge in [-0.25, -0.2) is 9.97 Å². The number of benzene rings is 1. The summed E-state index contributed by atoms with van der Waals surface area (Å²) in [5.41, 5.74) is 3.43. The van der Waals surface area contributed by atoms with Crippen LogP contribution in [0.15, 0.2) is 30.5 Å². The van der Waals surface area contributed by atoms with Gasteiger partial charge in [-0.3, -0.25) is 19.7 Å². The molecule has 3 aliphatic rings. The SMILES string of the molecule is O=C1CCC(N2Cc3ccc(CNc4nccc(C5CCCCN5)n4)cc3C2=O)C(=O)N1. The molecule has 2 saturated heterocycles. The zero-order chi connectivity index (χ0) is 22.1. The molecule has 1 aromatic carbocycles. The summed E-state index contributed by atoms with van der Waals surface area (Å²) in [5.74, 6) is -0.284. The van der Waals surface area contributed by atoms with E-state index < -0.39 is 11.9 Å². The van der Waals surface area contributed by atoms with Crippen LogP contribution in [0.2, 0.25) is 0 Å². The Morgan fingerprint density at radius 1 is 1.12 bits per heavy atom. The van der Waals surface area contributed by atoms with E-state index in [9.17, 15) is 14.4 Å². The summed E-state index contributed by atoms with van der Waals surface area (Å²) >= 11 is 0. The molecule has 3 amide bonds. The molecular weight excluding hydrogens is 408 g/mol. The number of nitrogens with one attached hydrogen (secondary N) is 3. The molecule has 0 bridgehead atoms. The normalized spacial score (nSPS) is 23.1. The summed E-state index contributed by atoms with van der Waals surface area (Å²) in [7, 11) is 0. The van der Waals surface area contributed by atoms with Crippen molar-refractivity contribution in [3.05, 3.63) is 52.8 Å². The quantitative estimate of drug-likeness (QED) is 0.613. The number of nitrogens with zero attached hydrogens (tertiary/aromatic N) is 3. The lowest BCUT2D eigenvalue weighted by molar-refractivity contribution is -0.136. The Morgan fingerprint density at radius 2 is 2.03 bits per heavy atom. The predicted octanol–water partition coefficient (Wildman–Crippen LogP) is 1.66. The van der Waals surface area contributed by atoms with Crippen molar-refractivity contribution < 1.29 is 14.4 Å². The maximum absolute atomic E-state index is 13.0. The molecule has 5 rings (SSSR count). The van der Waals surface area contributed by atoms with Gasteiger partial charge in [-0.2, -0.15) is 0 Å². The van der Waals surface area contributed by atoms with Crippen LogP contribution in [0.3, 0.4) is 0 Å². The van der Waals surface area contributed by atoms with Crippen LogP contribution in [0.25, 0.3) is 0 Å². The fourth-order valence-corrected chi connectivity index (χ4v) is 4.65. The summed E-state index contributed by atoms with van der Waals surface area (Å²) in [6.45, 7) is 1.88. The highest BCUT2D eigenvalue weighted by molar-refractivity contribution is 6.05. The molecule has 1 aromatic heterocycles. The summed E-state index contributed by atoms with van der Waals surface area (Å²) in [6, 6.07) is 7.38. The number of piperidine rings is 2. The minimum Gasteiger partial charge on any atom is -0.350 e. The predicted molar refractivity (Wildman–Crippen MR) is 116 cm³/mol. The molecule has 9 nitrogen and oxygen atoms in total. The molecule has 0 aliphatic carbocycles. The molecule has 3 N–H and O–H groups in total. The summed E-state index contributed by atoms with van der Waals surface area (Å²) < 4.78 is 0. The van der Waals surface area contributed by atoms with Gasteiger partial charge < -0.3 is 15.5 Å². The topological polar surface area (TPSA) is 116 Å². The molecule has 4 heterocycles. The van der Waals surface area contributed by atoms with Gasteiger partial charge in [0.05, 0.1) is 5.69 Å². The average molecular weight is 435 g/mol. The summed E-state index contributed by atoms with van der Waals surface area (Å²) in [5, 5.41) is 9.09. The van der Waals surface area contributed by atoms with Crippen LogP contribution in [0, 0.1) is 0 Å². The van der Waals surface area contributed by atoms with E-state index in [0.29, 0.717) is 31.0 Å². The van der Waals surface area contributed by atoms with Gasteiger partial charge >= 0.3 is 0 Å². The van der Waals surface area contributed by atoms with Gasteiger partial charge in [-0.1, -0.05) is 18.6 Å². The highest BCUT2D eigenvalue weighted by atomic mass is 16.2. The number of rotatable bonds is 5. The van der Waals surface area contributed by atoms with E-state index >= 15 is 0 Å². The molecule has 0 spiro atoms. The molecule has 2 fully saturated rings. The van der Waals surface area contributed by atoms with Crippen molar-refractivity contribution in [1.82, 2.24) is 25.5 Å². The number of hydrogen-bond acceptors (Lipinski definition) is 7. The number of carbonyl (C=O) groups excluding carboxylic acids is 3. The maximum atomic E-state index is 13.0. The first-order chi connectivity index (χ1) is 15.6. The third kappa shape index (κ3) is 4.08. The third-order valence-electron chi connectivity index (χ3n) is 6.39. The highest BCUT2D eigenvalue weighted by Gasteiger charge is 2.39. The molecule has 0 radical (unpaired) electrons. The van der Waals surface area contributed by atoms with Crippen molar-refractivity contribution in [1.29, 1.82) is 0 Å². The number of carbonyl (C=O) groups is 3. The van der Waals surface area contributed by atoms with Crippen molar-refractivity contribution >= 4 is 23.7 Å². The highest BCUT2D eigenvalue weighted by Crippen LogP contribution is 2.28. The van der Waals surface area contributed by atoms with E-state index in [0.717, 1.165) is 29.8 Å². The van der Waals surface area contributed by atoms with Crippen LogP contribution in [0.4, 0.5) is 5.95 Å². The van der Waals surface area contributed by atoms with Gasteiger partial charge in [-0.05, 0) is 49.1 Å². The molecule has 166 valence electrons. The van der Waals surface area contributed by atoms with E-state index in [1.165, 1.54) is 12.8 Å². The van der Waals surface area contributed by atoms with Gasteiger partial charge in [0.25, 0.3) is 5.91 Å². The molecular formula is C23H26N6O3. The second-order valence-electron chi connectivity index (χ2n) is 8.55. The molecule has 0 saturated carbocycles. The van der Waals surface area contributed by atoms with E-state index in [-0.39, 0.29) is 24.3 Å². The van der Waals surface area contributed by atoms with Crippen LogP contribution >= 0.6 is 0 Å². The maximum Gasteiger partial charge on any atom is 0.255 e. The van der Waals surface area contributed by atoms with Crippen molar-refractivity contribution in [2.45, 2.75) is 57.3 Å². The largest absolute Gasteiger partial charge is 0.350 e. The van der Waals surface area contributed by atoms with Gasteiger partial charge in [0.2, 0.25) is 17.8 Å². The lowest BCUT2D eigenvalue weighted by Gasteiger charge is -2.29.